The van der Waals surface area contributed by atoms with Crippen LogP contribution in [-0.2, 0) is 30.4 Å². The molecule has 0 spiro atoms. The van der Waals surface area contributed by atoms with Crippen LogP contribution >= 0.6 is 0 Å². The first-order valence-electron chi connectivity index (χ1n) is 9.61. The number of nitrogens with two attached hydrogens (primary N) is 1. The van der Waals surface area contributed by atoms with Crippen LogP contribution in [-0.4, -0.2) is 74.5 Å². The second kappa shape index (κ2) is 12.3. The lowest BCUT2D eigenvalue weighted by atomic mass is 9.97. The van der Waals surface area contributed by atoms with E-state index in [1.807, 2.05) is 0 Å². The molecule has 4 unspecified atom stereocenters. The third-order valence-corrected chi connectivity index (χ3v) is 4.60. The number of carbonyl (C=O) groups is 5. The highest BCUT2D eigenvalue weighted by molar-refractivity contribution is 5.94. The number of imidazole rings is 1. The SMILES string of the molecule is CCC(C)C(NC(=O)C(Cc1cnc[nH]1)NC(=O)CN)C(=O)NC(CC(=O)O)C(=O)O. The summed E-state index contributed by atoms with van der Waals surface area (Å²) in [7, 11) is 0. The molecule has 0 aromatic carbocycles. The summed E-state index contributed by atoms with van der Waals surface area (Å²) in [6.07, 6.45) is 2.55. The monoisotopic (exact) mass is 440 g/mol. The number of rotatable bonds is 13. The van der Waals surface area contributed by atoms with Gasteiger partial charge in [-0.15, -0.1) is 0 Å². The van der Waals surface area contributed by atoms with E-state index in [4.69, 9.17) is 15.9 Å². The Hall–Kier alpha value is -3.48. The number of carboxylic acids is 2. The second-order valence-corrected chi connectivity index (χ2v) is 6.97. The zero-order valence-electron chi connectivity index (χ0n) is 17.3. The van der Waals surface area contributed by atoms with E-state index in [0.29, 0.717) is 12.1 Å². The van der Waals surface area contributed by atoms with Crippen molar-refractivity contribution in [1.29, 1.82) is 0 Å². The van der Waals surface area contributed by atoms with Crippen LogP contribution in [0.1, 0.15) is 32.4 Å². The lowest BCUT2D eigenvalue weighted by molar-refractivity contribution is -0.147. The number of nitrogens with one attached hydrogen (secondary N) is 4. The molecule has 0 bridgehead atoms. The standard InChI is InChI=1S/C18H28N6O7/c1-3-9(2)15(17(29)23-12(18(30)31)5-14(26)27)24-16(28)11(22-13(25)6-19)4-10-7-20-8-21-10/h7-9,11-12,15H,3-6,19H2,1-2H3,(H,20,21)(H,22,25)(H,23,29)(H,24,28)(H,26,27)(H,30,31). The molecule has 1 aromatic rings. The van der Waals surface area contributed by atoms with Gasteiger partial charge in [0.05, 0.1) is 19.3 Å². The van der Waals surface area contributed by atoms with Gasteiger partial charge in [-0.1, -0.05) is 20.3 Å². The van der Waals surface area contributed by atoms with Gasteiger partial charge in [-0.25, -0.2) is 9.78 Å². The topological polar surface area (TPSA) is 217 Å². The van der Waals surface area contributed by atoms with Crippen LogP contribution in [0.3, 0.4) is 0 Å². The number of hydrogen-bond donors (Lipinski definition) is 7. The molecule has 172 valence electrons. The molecule has 13 heteroatoms. The Morgan fingerprint density at radius 1 is 1.10 bits per heavy atom. The van der Waals surface area contributed by atoms with E-state index in [2.05, 4.69) is 25.9 Å². The van der Waals surface area contributed by atoms with Crippen LogP contribution in [0, 0.1) is 5.92 Å². The molecule has 1 rings (SSSR count). The summed E-state index contributed by atoms with van der Waals surface area (Å²) in [6.45, 7) is 3.08. The van der Waals surface area contributed by atoms with Crippen molar-refractivity contribution < 1.29 is 34.2 Å². The molecule has 4 atom stereocenters. The van der Waals surface area contributed by atoms with Gasteiger partial charge in [-0.2, -0.15) is 0 Å². The average molecular weight is 440 g/mol. The number of nitrogens with zero attached hydrogens (tertiary/aromatic N) is 1. The van der Waals surface area contributed by atoms with Crippen molar-refractivity contribution in [2.24, 2.45) is 11.7 Å². The quantitative estimate of drug-likeness (QED) is 0.180. The van der Waals surface area contributed by atoms with Crippen LogP contribution in [0.5, 0.6) is 0 Å². The number of carbonyl (C=O) groups excluding carboxylic acids is 3. The Balaban J connectivity index is 3.01. The summed E-state index contributed by atoms with van der Waals surface area (Å²) >= 11 is 0. The van der Waals surface area contributed by atoms with Crippen LogP contribution < -0.4 is 21.7 Å². The Bertz CT molecular complexity index is 782. The number of aliphatic carboxylic acids is 2. The first-order valence-corrected chi connectivity index (χ1v) is 9.61. The molecule has 8 N–H and O–H groups in total. The van der Waals surface area contributed by atoms with E-state index in [0.717, 1.165) is 0 Å². The molecular weight excluding hydrogens is 412 g/mol. The van der Waals surface area contributed by atoms with Gasteiger partial charge in [-0.05, 0) is 5.92 Å². The van der Waals surface area contributed by atoms with Gasteiger partial charge in [0.2, 0.25) is 17.7 Å². The molecule has 0 aliphatic heterocycles. The minimum absolute atomic E-state index is 0.0448. The molecule has 3 amide bonds. The van der Waals surface area contributed by atoms with Crippen LogP contribution in [0.25, 0.3) is 0 Å². The summed E-state index contributed by atoms with van der Waals surface area (Å²) in [5.41, 5.74) is 5.85. The van der Waals surface area contributed by atoms with Gasteiger partial charge in [0, 0.05) is 18.3 Å². The average Bonchev–Trinajstić information content (AvgIpc) is 3.22. The molecule has 0 fully saturated rings. The van der Waals surface area contributed by atoms with E-state index >= 15 is 0 Å². The van der Waals surface area contributed by atoms with Crippen LogP contribution in [0.2, 0.25) is 0 Å². The molecule has 0 aliphatic rings. The number of amides is 3. The minimum Gasteiger partial charge on any atom is -0.481 e. The normalized spacial score (nSPS) is 14.5. The summed E-state index contributed by atoms with van der Waals surface area (Å²) in [5, 5.41) is 25.1. The van der Waals surface area contributed by atoms with E-state index in [9.17, 15) is 24.0 Å². The highest BCUT2D eigenvalue weighted by Gasteiger charge is 2.33. The lowest BCUT2D eigenvalue weighted by Gasteiger charge is -2.27. The van der Waals surface area contributed by atoms with Gasteiger partial charge < -0.3 is 36.9 Å². The molecule has 0 saturated heterocycles. The Morgan fingerprint density at radius 3 is 2.26 bits per heavy atom. The fraction of sp³-hybridized carbons (Fsp3) is 0.556. The van der Waals surface area contributed by atoms with Crippen molar-refractivity contribution >= 4 is 29.7 Å². The summed E-state index contributed by atoms with van der Waals surface area (Å²) < 4.78 is 0. The summed E-state index contributed by atoms with van der Waals surface area (Å²) in [6, 6.07) is -3.90. The fourth-order valence-corrected chi connectivity index (χ4v) is 2.67. The summed E-state index contributed by atoms with van der Waals surface area (Å²) in [5.74, 6) is -5.46. The van der Waals surface area contributed by atoms with Crippen molar-refractivity contribution in [3.05, 3.63) is 18.2 Å². The molecule has 13 nitrogen and oxygen atoms in total. The van der Waals surface area contributed by atoms with Crippen LogP contribution in [0.4, 0.5) is 0 Å². The van der Waals surface area contributed by atoms with Crippen molar-refractivity contribution in [3.63, 3.8) is 0 Å². The first kappa shape index (κ1) is 25.6. The molecule has 1 aromatic heterocycles. The fourth-order valence-electron chi connectivity index (χ4n) is 2.67. The maximum absolute atomic E-state index is 12.9. The highest BCUT2D eigenvalue weighted by Crippen LogP contribution is 2.10. The minimum atomic E-state index is -1.66. The smallest absolute Gasteiger partial charge is 0.326 e. The maximum atomic E-state index is 12.9. The number of hydrogen-bond acceptors (Lipinski definition) is 7. The number of carboxylic acid groups (broad SMARTS) is 2. The van der Waals surface area contributed by atoms with E-state index in [1.54, 1.807) is 13.8 Å². The Kier molecular flexibility index (Phi) is 10.1. The van der Waals surface area contributed by atoms with Crippen molar-refractivity contribution in [1.82, 2.24) is 25.9 Å². The molecule has 1 heterocycles. The van der Waals surface area contributed by atoms with Gasteiger partial charge in [0.15, 0.2) is 0 Å². The van der Waals surface area contributed by atoms with Crippen molar-refractivity contribution in [3.8, 4) is 0 Å². The van der Waals surface area contributed by atoms with Crippen molar-refractivity contribution in [2.45, 2.75) is 51.2 Å². The predicted molar refractivity (Wildman–Crippen MR) is 106 cm³/mol. The third kappa shape index (κ3) is 8.42. The van der Waals surface area contributed by atoms with Gasteiger partial charge in [-0.3, -0.25) is 19.2 Å². The van der Waals surface area contributed by atoms with Crippen LogP contribution in [0.15, 0.2) is 12.5 Å². The number of H-pyrrole nitrogens is 1. The zero-order chi connectivity index (χ0) is 23.6. The van der Waals surface area contributed by atoms with E-state index in [-0.39, 0.29) is 13.0 Å². The van der Waals surface area contributed by atoms with Gasteiger partial charge >= 0.3 is 11.9 Å². The molecule has 0 radical (unpaired) electrons. The Morgan fingerprint density at radius 2 is 1.77 bits per heavy atom. The number of aromatic amines is 1. The first-order chi connectivity index (χ1) is 14.6. The van der Waals surface area contributed by atoms with E-state index < -0.39 is 60.1 Å². The molecule has 31 heavy (non-hydrogen) atoms. The molecular formula is C18H28N6O7. The van der Waals surface area contributed by atoms with Gasteiger partial charge in [0.1, 0.15) is 18.1 Å². The third-order valence-electron chi connectivity index (χ3n) is 4.60. The highest BCUT2D eigenvalue weighted by atomic mass is 16.4. The zero-order valence-corrected chi connectivity index (χ0v) is 17.3. The second-order valence-electron chi connectivity index (χ2n) is 6.97. The van der Waals surface area contributed by atoms with E-state index in [1.165, 1.54) is 12.5 Å². The predicted octanol–water partition coefficient (Wildman–Crippen LogP) is -2.03. The maximum Gasteiger partial charge on any atom is 0.326 e. The van der Waals surface area contributed by atoms with Crippen molar-refractivity contribution in [2.75, 3.05) is 6.54 Å². The molecule has 0 aliphatic carbocycles. The number of aromatic nitrogens is 2. The molecule has 0 saturated carbocycles. The van der Waals surface area contributed by atoms with Gasteiger partial charge in [0.25, 0.3) is 0 Å². The summed E-state index contributed by atoms with van der Waals surface area (Å²) in [4.78, 5) is 66.1. The Labute approximate surface area is 178 Å². The lowest BCUT2D eigenvalue weighted by Crippen LogP contribution is -2.58. The largest absolute Gasteiger partial charge is 0.481 e.